The lowest BCUT2D eigenvalue weighted by Gasteiger charge is -2.01. The van der Waals surface area contributed by atoms with Gasteiger partial charge in [-0.2, -0.15) is 0 Å². The molecule has 0 aliphatic heterocycles. The Hall–Kier alpha value is -2.14. The number of nitrogens with zero attached hydrogens (tertiary/aromatic N) is 1. The summed E-state index contributed by atoms with van der Waals surface area (Å²) in [6, 6.07) is 9.19. The third-order valence-corrected chi connectivity index (χ3v) is 3.25. The molecule has 5 heteroatoms. The average molecular weight is 243 g/mol. The van der Waals surface area contributed by atoms with E-state index in [9.17, 15) is 4.79 Å². The second-order valence-corrected chi connectivity index (χ2v) is 4.50. The number of amides is 1. The van der Waals surface area contributed by atoms with E-state index in [-0.39, 0.29) is 5.91 Å². The second-order valence-electron chi connectivity index (χ2n) is 3.55. The molecule has 0 radical (unpaired) electrons. The average Bonchev–Trinajstić information content (AvgIpc) is 2.90. The summed E-state index contributed by atoms with van der Waals surface area (Å²) in [5, 5.41) is 4.72. The van der Waals surface area contributed by atoms with Crippen LogP contribution in [0, 0.1) is 0 Å². The molecular formula is C12H9N3OS. The number of carbonyl (C=O) groups is 1. The Labute approximate surface area is 101 Å². The first kappa shape index (κ1) is 10.0. The van der Waals surface area contributed by atoms with E-state index in [1.54, 1.807) is 29.7 Å². The lowest BCUT2D eigenvalue weighted by atomic mass is 10.4. The molecule has 0 saturated heterocycles. The predicted molar refractivity (Wildman–Crippen MR) is 68.4 cm³/mol. The smallest absolute Gasteiger partial charge is 0.273 e. The maximum atomic E-state index is 11.9. The van der Waals surface area contributed by atoms with Crippen molar-refractivity contribution in [3.8, 4) is 0 Å². The molecule has 0 unspecified atom stereocenters. The van der Waals surface area contributed by atoms with Crippen LogP contribution < -0.4 is 5.32 Å². The Morgan fingerprint density at radius 2 is 2.29 bits per heavy atom. The van der Waals surface area contributed by atoms with Crippen molar-refractivity contribution < 1.29 is 4.79 Å². The van der Waals surface area contributed by atoms with Crippen molar-refractivity contribution in [2.24, 2.45) is 0 Å². The van der Waals surface area contributed by atoms with Gasteiger partial charge in [-0.3, -0.25) is 4.79 Å². The molecule has 0 saturated carbocycles. The van der Waals surface area contributed by atoms with Crippen LogP contribution in [0.1, 0.15) is 10.5 Å². The number of rotatable bonds is 2. The maximum Gasteiger partial charge on any atom is 0.273 e. The van der Waals surface area contributed by atoms with Gasteiger partial charge in [0.15, 0.2) is 0 Å². The van der Waals surface area contributed by atoms with Crippen LogP contribution in [0.5, 0.6) is 0 Å². The molecule has 0 aliphatic rings. The zero-order chi connectivity index (χ0) is 11.7. The molecule has 4 nitrogen and oxygen atoms in total. The number of aromatic nitrogens is 2. The highest BCUT2D eigenvalue weighted by atomic mass is 32.1. The molecule has 2 N–H and O–H groups in total. The number of fused-ring (bicyclic) bond motifs is 1. The van der Waals surface area contributed by atoms with Crippen LogP contribution in [-0.2, 0) is 0 Å². The minimum absolute atomic E-state index is 0.174. The predicted octanol–water partition coefficient (Wildman–Crippen LogP) is 2.88. The maximum absolute atomic E-state index is 11.9. The summed E-state index contributed by atoms with van der Waals surface area (Å²) in [6.45, 7) is 0. The van der Waals surface area contributed by atoms with E-state index in [0.717, 1.165) is 10.2 Å². The summed E-state index contributed by atoms with van der Waals surface area (Å²) in [5.74, 6) is 0.377. The molecule has 0 atom stereocenters. The van der Waals surface area contributed by atoms with Crippen molar-refractivity contribution in [2.45, 2.75) is 0 Å². The molecule has 84 valence electrons. The van der Waals surface area contributed by atoms with Crippen LogP contribution in [0.3, 0.4) is 0 Å². The lowest BCUT2D eigenvalue weighted by molar-refractivity contribution is 0.102. The molecule has 0 spiro atoms. The quantitative estimate of drug-likeness (QED) is 0.727. The first-order valence-electron chi connectivity index (χ1n) is 5.11. The Bertz CT molecular complexity index is 628. The molecule has 0 aliphatic carbocycles. The molecule has 1 amide bonds. The standard InChI is InChI=1S/C12H9N3OS/c16-12(15-11-3-1-2-5-13-11)9-7-10-8(14-9)4-6-17-10/h1-7,14H,(H,13,15,16). The van der Waals surface area contributed by atoms with Gasteiger partial charge < -0.3 is 10.3 Å². The van der Waals surface area contributed by atoms with Gasteiger partial charge in [0.25, 0.3) is 5.91 Å². The SMILES string of the molecule is O=C(Nc1ccccn1)c1cc2sccc2[nH]1. The fourth-order valence-electron chi connectivity index (χ4n) is 1.59. The van der Waals surface area contributed by atoms with E-state index in [2.05, 4.69) is 15.3 Å². The number of H-pyrrole nitrogens is 1. The zero-order valence-corrected chi connectivity index (χ0v) is 9.62. The number of nitrogens with one attached hydrogen (secondary N) is 2. The summed E-state index contributed by atoms with van der Waals surface area (Å²) in [5.41, 5.74) is 1.54. The Morgan fingerprint density at radius 3 is 3.06 bits per heavy atom. The molecule has 3 rings (SSSR count). The summed E-state index contributed by atoms with van der Waals surface area (Å²) in [6.07, 6.45) is 1.64. The summed E-state index contributed by atoms with van der Waals surface area (Å²) in [4.78, 5) is 19.0. The fourth-order valence-corrected chi connectivity index (χ4v) is 2.37. The Morgan fingerprint density at radius 1 is 1.35 bits per heavy atom. The van der Waals surface area contributed by atoms with Crippen LogP contribution in [0.4, 0.5) is 5.82 Å². The number of hydrogen-bond donors (Lipinski definition) is 2. The number of hydrogen-bond acceptors (Lipinski definition) is 3. The third kappa shape index (κ3) is 1.92. The number of thiophene rings is 1. The van der Waals surface area contributed by atoms with E-state index in [1.165, 1.54) is 0 Å². The summed E-state index contributed by atoms with van der Waals surface area (Å²) >= 11 is 1.60. The summed E-state index contributed by atoms with van der Waals surface area (Å²) in [7, 11) is 0. The number of aromatic amines is 1. The van der Waals surface area contributed by atoms with E-state index < -0.39 is 0 Å². The third-order valence-electron chi connectivity index (χ3n) is 2.39. The highest BCUT2D eigenvalue weighted by Crippen LogP contribution is 2.21. The second kappa shape index (κ2) is 4.03. The first-order chi connectivity index (χ1) is 8.33. The number of carbonyl (C=O) groups excluding carboxylic acids is 1. The number of pyridine rings is 1. The van der Waals surface area contributed by atoms with Gasteiger partial charge in [-0.15, -0.1) is 11.3 Å². The molecule has 17 heavy (non-hydrogen) atoms. The Balaban J connectivity index is 1.85. The molecule has 0 aromatic carbocycles. The van der Waals surface area contributed by atoms with Crippen molar-refractivity contribution in [3.05, 3.63) is 47.6 Å². The van der Waals surface area contributed by atoms with Crippen molar-refractivity contribution in [1.82, 2.24) is 9.97 Å². The van der Waals surface area contributed by atoms with E-state index in [1.807, 2.05) is 23.6 Å². The molecule has 3 heterocycles. The van der Waals surface area contributed by atoms with E-state index in [4.69, 9.17) is 0 Å². The molecule has 0 bridgehead atoms. The van der Waals surface area contributed by atoms with Crippen LogP contribution in [0.15, 0.2) is 41.9 Å². The fraction of sp³-hybridized carbons (Fsp3) is 0. The van der Waals surface area contributed by atoms with Gasteiger partial charge in [0.05, 0.1) is 10.2 Å². The van der Waals surface area contributed by atoms with Crippen LogP contribution in [0.25, 0.3) is 10.2 Å². The topological polar surface area (TPSA) is 57.8 Å². The van der Waals surface area contributed by atoms with Gasteiger partial charge in [0.1, 0.15) is 11.5 Å². The van der Waals surface area contributed by atoms with Gasteiger partial charge in [-0.05, 0) is 29.6 Å². The number of anilines is 1. The molecule has 3 aromatic heterocycles. The monoisotopic (exact) mass is 243 g/mol. The van der Waals surface area contributed by atoms with Gasteiger partial charge in [-0.1, -0.05) is 6.07 Å². The largest absolute Gasteiger partial charge is 0.350 e. The van der Waals surface area contributed by atoms with Gasteiger partial charge >= 0.3 is 0 Å². The Kier molecular flexibility index (Phi) is 2.38. The van der Waals surface area contributed by atoms with Gasteiger partial charge in [0, 0.05) is 6.20 Å². The van der Waals surface area contributed by atoms with Crippen molar-refractivity contribution in [2.75, 3.05) is 5.32 Å². The highest BCUT2D eigenvalue weighted by Gasteiger charge is 2.10. The van der Waals surface area contributed by atoms with Crippen molar-refractivity contribution in [1.29, 1.82) is 0 Å². The minimum atomic E-state index is -0.174. The van der Waals surface area contributed by atoms with Crippen LogP contribution in [0.2, 0.25) is 0 Å². The van der Waals surface area contributed by atoms with Gasteiger partial charge in [-0.25, -0.2) is 4.98 Å². The molecule has 0 fully saturated rings. The lowest BCUT2D eigenvalue weighted by Crippen LogP contribution is -2.12. The summed E-state index contributed by atoms with van der Waals surface area (Å²) < 4.78 is 1.08. The zero-order valence-electron chi connectivity index (χ0n) is 8.81. The van der Waals surface area contributed by atoms with Gasteiger partial charge in [0.2, 0.25) is 0 Å². The van der Waals surface area contributed by atoms with Crippen LogP contribution in [-0.4, -0.2) is 15.9 Å². The van der Waals surface area contributed by atoms with Crippen molar-refractivity contribution in [3.63, 3.8) is 0 Å². The normalized spacial score (nSPS) is 10.6. The first-order valence-corrected chi connectivity index (χ1v) is 5.99. The highest BCUT2D eigenvalue weighted by molar-refractivity contribution is 7.17. The molecule has 3 aromatic rings. The van der Waals surface area contributed by atoms with E-state index >= 15 is 0 Å². The molecular weight excluding hydrogens is 234 g/mol. The van der Waals surface area contributed by atoms with E-state index in [0.29, 0.717) is 11.5 Å². The van der Waals surface area contributed by atoms with Crippen LogP contribution >= 0.6 is 11.3 Å². The van der Waals surface area contributed by atoms with Crippen molar-refractivity contribution >= 4 is 33.3 Å². The minimum Gasteiger partial charge on any atom is -0.350 e.